The van der Waals surface area contributed by atoms with E-state index >= 15 is 0 Å². The summed E-state index contributed by atoms with van der Waals surface area (Å²) in [5, 5.41) is 3.53. The molecular formula is C9H19NS2. The third kappa shape index (κ3) is 3.58. The van der Waals surface area contributed by atoms with Gasteiger partial charge in [0.1, 0.15) is 0 Å². The molecule has 1 unspecified atom stereocenters. The molecule has 72 valence electrons. The van der Waals surface area contributed by atoms with Crippen LogP contribution in [-0.2, 0) is 0 Å². The Bertz CT molecular complexity index is 122. The van der Waals surface area contributed by atoms with Gasteiger partial charge in [0.05, 0.1) is 0 Å². The first-order chi connectivity index (χ1) is 5.77. The van der Waals surface area contributed by atoms with Crippen LogP contribution in [0.15, 0.2) is 0 Å². The topological polar surface area (TPSA) is 12.0 Å². The van der Waals surface area contributed by atoms with Crippen LogP contribution < -0.4 is 5.32 Å². The predicted molar refractivity (Wildman–Crippen MR) is 61.3 cm³/mol. The number of rotatable bonds is 5. The zero-order valence-corrected chi connectivity index (χ0v) is 9.69. The molecule has 0 aromatic heterocycles. The van der Waals surface area contributed by atoms with Gasteiger partial charge in [-0.3, -0.25) is 0 Å². The molecule has 1 N–H and O–H groups in total. The largest absolute Gasteiger partial charge is 0.315 e. The number of thioether (sulfide) groups is 2. The molecule has 1 atom stereocenters. The molecule has 12 heavy (non-hydrogen) atoms. The minimum Gasteiger partial charge on any atom is -0.315 e. The third-order valence-corrected chi connectivity index (χ3v) is 4.43. The van der Waals surface area contributed by atoms with Gasteiger partial charge in [-0.15, -0.1) is 0 Å². The maximum Gasteiger partial charge on any atom is 0.0256 e. The highest BCUT2D eigenvalue weighted by Gasteiger charge is 2.28. The van der Waals surface area contributed by atoms with Crippen LogP contribution >= 0.6 is 23.5 Å². The first-order valence-electron chi connectivity index (χ1n) is 4.60. The first kappa shape index (κ1) is 10.7. The average molecular weight is 205 g/mol. The summed E-state index contributed by atoms with van der Waals surface area (Å²) in [4.78, 5) is 0. The lowest BCUT2D eigenvalue weighted by molar-refractivity contribution is 0.549. The average Bonchev–Trinajstić information content (AvgIpc) is 2.47. The van der Waals surface area contributed by atoms with Gasteiger partial charge in [0.2, 0.25) is 0 Å². The lowest BCUT2D eigenvalue weighted by atomic mass is 10.1. The highest BCUT2D eigenvalue weighted by atomic mass is 32.2. The Kier molecular flexibility index (Phi) is 4.84. The third-order valence-electron chi connectivity index (χ3n) is 2.28. The summed E-state index contributed by atoms with van der Waals surface area (Å²) in [6.07, 6.45) is 4.96. The van der Waals surface area contributed by atoms with Crippen molar-refractivity contribution >= 4 is 23.5 Å². The van der Waals surface area contributed by atoms with Crippen LogP contribution in [0.4, 0.5) is 0 Å². The fraction of sp³-hybridized carbons (Fsp3) is 1.00. The predicted octanol–water partition coefficient (Wildman–Crippen LogP) is 2.22. The molecule has 0 radical (unpaired) electrons. The Hall–Kier alpha value is 0.660. The second-order valence-electron chi connectivity index (χ2n) is 3.57. The molecule has 1 nitrogen and oxygen atoms in total. The van der Waals surface area contributed by atoms with E-state index in [1.165, 1.54) is 30.9 Å². The molecule has 1 rings (SSSR count). The molecule has 1 aliphatic heterocycles. The zero-order valence-electron chi connectivity index (χ0n) is 8.06. The Labute approximate surface area is 84.4 Å². The SMILES string of the molecule is CSCCNCC1(C)CCCS1. The summed E-state index contributed by atoms with van der Waals surface area (Å²) in [6, 6.07) is 0. The van der Waals surface area contributed by atoms with Crippen LogP contribution in [0, 0.1) is 0 Å². The van der Waals surface area contributed by atoms with Crippen molar-refractivity contribution in [2.45, 2.75) is 24.5 Å². The van der Waals surface area contributed by atoms with Gasteiger partial charge in [-0.1, -0.05) is 0 Å². The molecule has 0 amide bonds. The monoisotopic (exact) mass is 205 g/mol. The van der Waals surface area contributed by atoms with Crippen LogP contribution in [0.5, 0.6) is 0 Å². The standard InChI is InChI=1S/C9H19NS2/c1-9(4-3-6-12-9)8-10-5-7-11-2/h10H,3-8H2,1-2H3. The summed E-state index contributed by atoms with van der Waals surface area (Å²) in [7, 11) is 0. The number of hydrogen-bond donors (Lipinski definition) is 1. The van der Waals surface area contributed by atoms with Gasteiger partial charge in [-0.2, -0.15) is 23.5 Å². The van der Waals surface area contributed by atoms with E-state index in [1.54, 1.807) is 0 Å². The molecule has 3 heteroatoms. The van der Waals surface area contributed by atoms with Crippen molar-refractivity contribution in [1.82, 2.24) is 5.32 Å². The summed E-state index contributed by atoms with van der Waals surface area (Å²) >= 11 is 4.05. The highest BCUT2D eigenvalue weighted by molar-refractivity contribution is 8.00. The van der Waals surface area contributed by atoms with E-state index in [0.29, 0.717) is 4.75 Å². The van der Waals surface area contributed by atoms with E-state index in [-0.39, 0.29) is 0 Å². The first-order valence-corrected chi connectivity index (χ1v) is 6.98. The maximum atomic E-state index is 3.53. The van der Waals surface area contributed by atoms with E-state index < -0.39 is 0 Å². The van der Waals surface area contributed by atoms with Crippen LogP contribution in [0.3, 0.4) is 0 Å². The van der Waals surface area contributed by atoms with Crippen molar-refractivity contribution in [2.24, 2.45) is 0 Å². The van der Waals surface area contributed by atoms with Crippen molar-refractivity contribution in [3.63, 3.8) is 0 Å². The normalized spacial score (nSPS) is 29.5. The molecule has 1 heterocycles. The van der Waals surface area contributed by atoms with Gasteiger partial charge >= 0.3 is 0 Å². The van der Waals surface area contributed by atoms with Crippen molar-refractivity contribution in [3.05, 3.63) is 0 Å². The summed E-state index contributed by atoms with van der Waals surface area (Å²) in [5.74, 6) is 2.60. The Morgan fingerprint density at radius 1 is 1.58 bits per heavy atom. The number of hydrogen-bond acceptors (Lipinski definition) is 3. The van der Waals surface area contributed by atoms with Gasteiger partial charge in [-0.25, -0.2) is 0 Å². The second kappa shape index (κ2) is 5.40. The van der Waals surface area contributed by atoms with Crippen LogP contribution in [-0.4, -0.2) is 35.6 Å². The molecule has 1 saturated heterocycles. The van der Waals surface area contributed by atoms with Gasteiger partial charge in [0, 0.05) is 23.6 Å². The van der Waals surface area contributed by atoms with E-state index in [1.807, 2.05) is 11.8 Å². The minimum absolute atomic E-state index is 0.540. The van der Waals surface area contributed by atoms with Gasteiger partial charge in [0.15, 0.2) is 0 Å². The van der Waals surface area contributed by atoms with Crippen molar-refractivity contribution in [2.75, 3.05) is 30.9 Å². The quantitative estimate of drug-likeness (QED) is 0.691. The Morgan fingerprint density at radius 2 is 2.42 bits per heavy atom. The second-order valence-corrected chi connectivity index (χ2v) is 6.24. The minimum atomic E-state index is 0.540. The molecule has 0 aliphatic carbocycles. The zero-order chi connectivity index (χ0) is 8.86. The summed E-state index contributed by atoms with van der Waals surface area (Å²) in [5.41, 5.74) is 0. The molecule has 0 bridgehead atoms. The smallest absolute Gasteiger partial charge is 0.0256 e. The van der Waals surface area contributed by atoms with E-state index in [9.17, 15) is 0 Å². The van der Waals surface area contributed by atoms with Crippen molar-refractivity contribution in [3.8, 4) is 0 Å². The van der Waals surface area contributed by atoms with Gasteiger partial charge in [0.25, 0.3) is 0 Å². The maximum absolute atomic E-state index is 3.53. The van der Waals surface area contributed by atoms with E-state index in [2.05, 4.69) is 30.3 Å². The fourth-order valence-electron chi connectivity index (χ4n) is 1.50. The van der Waals surface area contributed by atoms with Gasteiger partial charge < -0.3 is 5.32 Å². The highest BCUT2D eigenvalue weighted by Crippen LogP contribution is 2.36. The molecule has 0 aromatic rings. The van der Waals surface area contributed by atoms with E-state index in [4.69, 9.17) is 0 Å². The molecule has 0 spiro atoms. The summed E-state index contributed by atoms with van der Waals surface area (Å²) < 4.78 is 0.540. The lowest BCUT2D eigenvalue weighted by Gasteiger charge is -2.22. The molecule has 0 aromatic carbocycles. The molecule has 0 saturated carbocycles. The van der Waals surface area contributed by atoms with Crippen molar-refractivity contribution < 1.29 is 0 Å². The van der Waals surface area contributed by atoms with Crippen molar-refractivity contribution in [1.29, 1.82) is 0 Å². The lowest BCUT2D eigenvalue weighted by Crippen LogP contribution is -2.33. The number of nitrogens with one attached hydrogen (secondary N) is 1. The Balaban J connectivity index is 2.05. The van der Waals surface area contributed by atoms with Gasteiger partial charge in [-0.05, 0) is 31.8 Å². The van der Waals surface area contributed by atoms with Crippen LogP contribution in [0.25, 0.3) is 0 Å². The van der Waals surface area contributed by atoms with Crippen LogP contribution in [0.1, 0.15) is 19.8 Å². The Morgan fingerprint density at radius 3 is 3.00 bits per heavy atom. The molecule has 1 aliphatic rings. The molecule has 1 fully saturated rings. The molecular weight excluding hydrogens is 186 g/mol. The van der Waals surface area contributed by atoms with Crippen LogP contribution in [0.2, 0.25) is 0 Å². The fourth-order valence-corrected chi connectivity index (χ4v) is 3.13. The summed E-state index contributed by atoms with van der Waals surface area (Å²) in [6.45, 7) is 4.74. The van der Waals surface area contributed by atoms with E-state index in [0.717, 1.165) is 6.54 Å².